The fourth-order valence-electron chi connectivity index (χ4n) is 2.96. The lowest BCUT2D eigenvalue weighted by atomic mass is 10.1. The first kappa shape index (κ1) is 15.5. The molecule has 0 amide bonds. The molecule has 0 fully saturated rings. The van der Waals surface area contributed by atoms with Gasteiger partial charge in [0, 0.05) is 11.5 Å². The number of nitrogens with one attached hydrogen (secondary N) is 1. The second-order valence-corrected chi connectivity index (χ2v) is 6.07. The van der Waals surface area contributed by atoms with Gasteiger partial charge in [0.25, 0.3) is 0 Å². The van der Waals surface area contributed by atoms with Crippen LogP contribution in [0.4, 0.5) is 14.6 Å². The van der Waals surface area contributed by atoms with Gasteiger partial charge in [-0.1, -0.05) is 18.2 Å². The molecule has 4 nitrogen and oxygen atoms in total. The van der Waals surface area contributed by atoms with Crippen LogP contribution >= 0.6 is 0 Å². The highest BCUT2D eigenvalue weighted by Gasteiger charge is 2.14. The number of aromatic nitrogens is 3. The molecule has 4 rings (SSSR count). The number of anilines is 1. The van der Waals surface area contributed by atoms with Crippen LogP contribution < -0.4 is 5.32 Å². The first-order chi connectivity index (χ1) is 12.0. The molecule has 0 saturated heterocycles. The van der Waals surface area contributed by atoms with Gasteiger partial charge in [0.1, 0.15) is 5.82 Å². The zero-order valence-corrected chi connectivity index (χ0v) is 13.8. The van der Waals surface area contributed by atoms with E-state index in [0.717, 1.165) is 28.3 Å². The van der Waals surface area contributed by atoms with Crippen molar-refractivity contribution in [2.75, 3.05) is 5.32 Å². The number of nitrogens with zero attached hydrogens (tertiary/aromatic N) is 3. The highest BCUT2D eigenvalue weighted by atomic mass is 19.2. The normalized spacial score (nSPS) is 12.6. The summed E-state index contributed by atoms with van der Waals surface area (Å²) >= 11 is 0. The van der Waals surface area contributed by atoms with Crippen molar-refractivity contribution in [1.82, 2.24) is 14.6 Å². The van der Waals surface area contributed by atoms with Crippen LogP contribution in [0, 0.1) is 18.6 Å². The second-order valence-electron chi connectivity index (χ2n) is 6.07. The maximum atomic E-state index is 13.5. The average Bonchev–Trinajstić information content (AvgIpc) is 2.98. The van der Waals surface area contributed by atoms with Gasteiger partial charge in [0.05, 0.1) is 17.3 Å². The minimum atomic E-state index is -0.856. The molecule has 126 valence electrons. The van der Waals surface area contributed by atoms with E-state index in [-0.39, 0.29) is 6.04 Å². The van der Waals surface area contributed by atoms with Crippen molar-refractivity contribution in [3.63, 3.8) is 0 Å². The molecule has 0 aliphatic heterocycles. The minimum Gasteiger partial charge on any atom is -0.363 e. The van der Waals surface area contributed by atoms with E-state index in [0.29, 0.717) is 11.4 Å². The van der Waals surface area contributed by atoms with Gasteiger partial charge < -0.3 is 5.32 Å². The van der Waals surface area contributed by atoms with Crippen LogP contribution in [0.3, 0.4) is 0 Å². The van der Waals surface area contributed by atoms with Crippen LogP contribution in [-0.2, 0) is 0 Å². The highest BCUT2D eigenvalue weighted by Crippen LogP contribution is 2.27. The lowest BCUT2D eigenvalue weighted by Gasteiger charge is -2.17. The zero-order valence-electron chi connectivity index (χ0n) is 13.8. The van der Waals surface area contributed by atoms with Gasteiger partial charge in [-0.2, -0.15) is 5.10 Å². The molecule has 0 saturated carbocycles. The molecule has 0 aliphatic rings. The molecule has 0 aliphatic carbocycles. The van der Waals surface area contributed by atoms with Crippen molar-refractivity contribution in [3.05, 3.63) is 71.4 Å². The molecule has 25 heavy (non-hydrogen) atoms. The third-order valence-electron chi connectivity index (χ3n) is 4.22. The molecule has 2 aromatic carbocycles. The SMILES string of the molecule is Cc1cc2nc(N[C@@H](C)c3ccc(F)c(F)c3)c3ccccc3n2n1. The number of halogens is 2. The number of benzene rings is 2. The fourth-order valence-corrected chi connectivity index (χ4v) is 2.96. The first-order valence-corrected chi connectivity index (χ1v) is 7.99. The molecule has 0 bridgehead atoms. The van der Waals surface area contributed by atoms with E-state index in [1.54, 1.807) is 10.6 Å². The van der Waals surface area contributed by atoms with Gasteiger partial charge in [0.2, 0.25) is 0 Å². The smallest absolute Gasteiger partial charge is 0.159 e. The summed E-state index contributed by atoms with van der Waals surface area (Å²) in [5, 5.41) is 8.69. The van der Waals surface area contributed by atoms with Gasteiger partial charge >= 0.3 is 0 Å². The van der Waals surface area contributed by atoms with Crippen LogP contribution in [0.15, 0.2) is 48.5 Å². The standard InChI is InChI=1S/C19H16F2N4/c1-11-9-18-23-19(14-5-3-4-6-17(14)25(18)24-11)22-12(2)13-7-8-15(20)16(21)10-13/h3-10,12H,1-2H3,(H,22,23)/t12-/m0/s1. The first-order valence-electron chi connectivity index (χ1n) is 7.99. The maximum Gasteiger partial charge on any atom is 0.159 e. The Kier molecular flexibility index (Phi) is 3.60. The van der Waals surface area contributed by atoms with Gasteiger partial charge in [-0.25, -0.2) is 18.3 Å². The van der Waals surface area contributed by atoms with Crippen LogP contribution in [0.1, 0.15) is 24.2 Å². The van der Waals surface area contributed by atoms with Crippen LogP contribution in [-0.4, -0.2) is 14.6 Å². The summed E-state index contributed by atoms with van der Waals surface area (Å²) in [5.41, 5.74) is 3.19. The Balaban J connectivity index is 1.80. The lowest BCUT2D eigenvalue weighted by molar-refractivity contribution is 0.506. The van der Waals surface area contributed by atoms with E-state index >= 15 is 0 Å². The third kappa shape index (κ3) is 2.69. The summed E-state index contributed by atoms with van der Waals surface area (Å²) in [4.78, 5) is 4.65. The van der Waals surface area contributed by atoms with Crippen molar-refractivity contribution in [2.24, 2.45) is 0 Å². The van der Waals surface area contributed by atoms with E-state index in [1.165, 1.54) is 6.07 Å². The van der Waals surface area contributed by atoms with Crippen molar-refractivity contribution >= 4 is 22.4 Å². The summed E-state index contributed by atoms with van der Waals surface area (Å²) in [7, 11) is 0. The predicted octanol–water partition coefficient (Wildman–Crippen LogP) is 4.64. The van der Waals surface area contributed by atoms with Crippen LogP contribution in [0.2, 0.25) is 0 Å². The van der Waals surface area contributed by atoms with Crippen molar-refractivity contribution in [1.29, 1.82) is 0 Å². The van der Waals surface area contributed by atoms with Crippen molar-refractivity contribution in [3.8, 4) is 0 Å². The minimum absolute atomic E-state index is 0.238. The number of para-hydroxylation sites is 1. The molecular formula is C19H16F2N4. The quantitative estimate of drug-likeness (QED) is 0.592. The highest BCUT2D eigenvalue weighted by molar-refractivity contribution is 5.91. The summed E-state index contributed by atoms with van der Waals surface area (Å²) < 4.78 is 28.5. The van der Waals surface area contributed by atoms with E-state index in [4.69, 9.17) is 0 Å². The average molecular weight is 338 g/mol. The molecule has 0 spiro atoms. The topological polar surface area (TPSA) is 42.2 Å². The zero-order chi connectivity index (χ0) is 17.6. The van der Waals surface area contributed by atoms with E-state index in [1.807, 2.05) is 44.2 Å². The lowest BCUT2D eigenvalue weighted by Crippen LogP contribution is -2.10. The molecular weight excluding hydrogens is 322 g/mol. The Bertz CT molecular complexity index is 1090. The summed E-state index contributed by atoms with van der Waals surface area (Å²) in [6.45, 7) is 3.80. The Morgan fingerprint density at radius 1 is 1.04 bits per heavy atom. The summed E-state index contributed by atoms with van der Waals surface area (Å²) in [6.07, 6.45) is 0. The fraction of sp³-hybridized carbons (Fsp3) is 0.158. The number of rotatable bonds is 3. The molecule has 2 aromatic heterocycles. The van der Waals surface area contributed by atoms with E-state index in [2.05, 4.69) is 15.4 Å². The largest absolute Gasteiger partial charge is 0.363 e. The van der Waals surface area contributed by atoms with Crippen molar-refractivity contribution < 1.29 is 8.78 Å². The number of hydrogen-bond donors (Lipinski definition) is 1. The van der Waals surface area contributed by atoms with Gasteiger partial charge in [-0.05, 0) is 43.7 Å². The van der Waals surface area contributed by atoms with Crippen LogP contribution in [0.25, 0.3) is 16.6 Å². The Labute approximate surface area is 143 Å². The molecule has 4 aromatic rings. The Hall–Kier alpha value is -3.02. The van der Waals surface area contributed by atoms with Gasteiger partial charge in [-0.3, -0.25) is 0 Å². The maximum absolute atomic E-state index is 13.5. The third-order valence-corrected chi connectivity index (χ3v) is 4.22. The van der Waals surface area contributed by atoms with E-state index < -0.39 is 11.6 Å². The number of hydrogen-bond acceptors (Lipinski definition) is 3. The molecule has 0 radical (unpaired) electrons. The molecule has 6 heteroatoms. The Morgan fingerprint density at radius 3 is 2.64 bits per heavy atom. The van der Waals surface area contributed by atoms with Crippen LogP contribution in [0.5, 0.6) is 0 Å². The molecule has 1 N–H and O–H groups in total. The predicted molar refractivity (Wildman–Crippen MR) is 93.6 cm³/mol. The Morgan fingerprint density at radius 2 is 1.84 bits per heavy atom. The van der Waals surface area contributed by atoms with E-state index in [9.17, 15) is 8.78 Å². The molecule has 0 unspecified atom stereocenters. The number of aryl methyl sites for hydroxylation is 1. The van der Waals surface area contributed by atoms with Gasteiger partial charge in [-0.15, -0.1) is 0 Å². The molecule has 2 heterocycles. The monoisotopic (exact) mass is 338 g/mol. The van der Waals surface area contributed by atoms with Crippen molar-refractivity contribution in [2.45, 2.75) is 19.9 Å². The summed E-state index contributed by atoms with van der Waals surface area (Å²) in [5.74, 6) is -1.03. The number of fused-ring (bicyclic) bond motifs is 3. The molecule has 1 atom stereocenters. The second kappa shape index (κ2) is 5.81. The van der Waals surface area contributed by atoms with Gasteiger partial charge in [0.15, 0.2) is 17.3 Å². The summed E-state index contributed by atoms with van der Waals surface area (Å²) in [6, 6.07) is 13.4.